The molecule has 0 fully saturated rings. The monoisotopic (exact) mass is 348 g/mol. The van der Waals surface area contributed by atoms with Gasteiger partial charge >= 0.3 is 0 Å². The number of halogens is 1. The van der Waals surface area contributed by atoms with Crippen LogP contribution in [0.25, 0.3) is 0 Å². The van der Waals surface area contributed by atoms with Gasteiger partial charge in [0, 0.05) is 10.2 Å². The van der Waals surface area contributed by atoms with E-state index in [1.54, 1.807) is 12.1 Å². The molecule has 0 bridgehead atoms. The van der Waals surface area contributed by atoms with E-state index in [-0.39, 0.29) is 5.75 Å². The highest BCUT2D eigenvalue weighted by Gasteiger charge is 2.09. The van der Waals surface area contributed by atoms with E-state index in [1.807, 2.05) is 12.1 Å². The highest BCUT2D eigenvalue weighted by atomic mass is 79.9. The molecular weight excluding hydrogens is 328 g/mol. The standard InChI is InChI=1S/C13H21BrN2O2S/c1-2-9-15-10-3-4-11-19(17,18)16-13-7-5-12(14)6-8-13/h5-8,15-16H,2-4,9-11H2,1H3. The van der Waals surface area contributed by atoms with E-state index in [1.165, 1.54) is 0 Å². The molecule has 0 heterocycles. The molecule has 0 aliphatic carbocycles. The van der Waals surface area contributed by atoms with Gasteiger partial charge in [0.05, 0.1) is 5.75 Å². The molecule has 19 heavy (non-hydrogen) atoms. The molecule has 1 rings (SSSR count). The van der Waals surface area contributed by atoms with E-state index in [0.717, 1.165) is 30.4 Å². The summed E-state index contributed by atoms with van der Waals surface area (Å²) in [4.78, 5) is 0. The summed E-state index contributed by atoms with van der Waals surface area (Å²) in [5.41, 5.74) is 0.604. The normalized spacial score (nSPS) is 11.5. The summed E-state index contributed by atoms with van der Waals surface area (Å²) in [7, 11) is -3.23. The van der Waals surface area contributed by atoms with Gasteiger partial charge in [-0.2, -0.15) is 0 Å². The van der Waals surface area contributed by atoms with Crippen LogP contribution in [0.5, 0.6) is 0 Å². The predicted octanol–water partition coefficient (Wildman–Crippen LogP) is 2.97. The van der Waals surface area contributed by atoms with Gasteiger partial charge in [-0.1, -0.05) is 22.9 Å². The molecule has 1 aromatic rings. The number of nitrogens with one attached hydrogen (secondary N) is 2. The van der Waals surface area contributed by atoms with Crippen LogP contribution in [0.3, 0.4) is 0 Å². The summed E-state index contributed by atoms with van der Waals surface area (Å²) in [6.45, 7) is 3.98. The molecule has 0 aliphatic rings. The zero-order chi connectivity index (χ0) is 14.1. The van der Waals surface area contributed by atoms with Gasteiger partial charge in [-0.15, -0.1) is 0 Å². The minimum atomic E-state index is -3.23. The van der Waals surface area contributed by atoms with Crippen LogP contribution in [-0.2, 0) is 10.0 Å². The van der Waals surface area contributed by atoms with E-state index < -0.39 is 10.0 Å². The van der Waals surface area contributed by atoms with Crippen molar-refractivity contribution in [3.05, 3.63) is 28.7 Å². The van der Waals surface area contributed by atoms with Gasteiger partial charge in [-0.3, -0.25) is 4.72 Å². The van der Waals surface area contributed by atoms with Crippen molar-refractivity contribution in [2.45, 2.75) is 26.2 Å². The molecule has 0 radical (unpaired) electrons. The maximum absolute atomic E-state index is 11.8. The van der Waals surface area contributed by atoms with Crippen LogP contribution in [0, 0.1) is 0 Å². The SMILES string of the molecule is CCCNCCCCS(=O)(=O)Nc1ccc(Br)cc1. The molecule has 0 aliphatic heterocycles. The first kappa shape index (κ1) is 16.5. The molecule has 0 amide bonds. The fourth-order valence-corrected chi connectivity index (χ4v) is 3.04. The highest BCUT2D eigenvalue weighted by Crippen LogP contribution is 2.15. The maximum atomic E-state index is 11.8. The molecule has 6 heteroatoms. The lowest BCUT2D eigenvalue weighted by atomic mass is 10.3. The maximum Gasteiger partial charge on any atom is 0.232 e. The first-order valence-electron chi connectivity index (χ1n) is 6.50. The van der Waals surface area contributed by atoms with Gasteiger partial charge in [-0.05, 0) is 56.6 Å². The summed E-state index contributed by atoms with van der Waals surface area (Å²) in [5, 5.41) is 3.26. The Bertz CT molecular complexity index is 460. The van der Waals surface area contributed by atoms with Crippen molar-refractivity contribution in [1.29, 1.82) is 0 Å². The number of hydrogen-bond donors (Lipinski definition) is 2. The Morgan fingerprint density at radius 2 is 1.79 bits per heavy atom. The molecule has 0 unspecified atom stereocenters. The molecule has 108 valence electrons. The van der Waals surface area contributed by atoms with Gasteiger partial charge in [0.1, 0.15) is 0 Å². The smallest absolute Gasteiger partial charge is 0.232 e. The minimum absolute atomic E-state index is 0.164. The molecule has 4 nitrogen and oxygen atoms in total. The second-order valence-electron chi connectivity index (χ2n) is 4.38. The number of unbranched alkanes of at least 4 members (excludes halogenated alkanes) is 1. The molecule has 2 N–H and O–H groups in total. The largest absolute Gasteiger partial charge is 0.317 e. The predicted molar refractivity (Wildman–Crippen MR) is 83.9 cm³/mol. The third-order valence-electron chi connectivity index (χ3n) is 2.56. The van der Waals surface area contributed by atoms with E-state index in [4.69, 9.17) is 0 Å². The molecule has 0 spiro atoms. The van der Waals surface area contributed by atoms with E-state index in [9.17, 15) is 8.42 Å². The lowest BCUT2D eigenvalue weighted by molar-refractivity contribution is 0.590. The minimum Gasteiger partial charge on any atom is -0.317 e. The fraction of sp³-hybridized carbons (Fsp3) is 0.538. The van der Waals surface area contributed by atoms with Gasteiger partial charge in [0.25, 0.3) is 0 Å². The van der Waals surface area contributed by atoms with Crippen LogP contribution in [0.4, 0.5) is 5.69 Å². The van der Waals surface area contributed by atoms with Gasteiger partial charge in [-0.25, -0.2) is 8.42 Å². The first-order chi connectivity index (χ1) is 9.03. The first-order valence-corrected chi connectivity index (χ1v) is 8.95. The van der Waals surface area contributed by atoms with Crippen molar-refractivity contribution in [2.75, 3.05) is 23.6 Å². The number of anilines is 1. The second-order valence-corrected chi connectivity index (χ2v) is 7.14. The summed E-state index contributed by atoms with van der Waals surface area (Å²) in [5.74, 6) is 0.164. The third-order valence-corrected chi connectivity index (χ3v) is 4.46. The van der Waals surface area contributed by atoms with Crippen molar-refractivity contribution >= 4 is 31.6 Å². The molecule has 0 atom stereocenters. The summed E-state index contributed by atoms with van der Waals surface area (Å²) >= 11 is 3.31. The number of sulfonamides is 1. The summed E-state index contributed by atoms with van der Waals surface area (Å²) in [6.07, 6.45) is 2.65. The highest BCUT2D eigenvalue weighted by molar-refractivity contribution is 9.10. The zero-order valence-electron chi connectivity index (χ0n) is 11.2. The van der Waals surface area contributed by atoms with Gasteiger partial charge in [0.15, 0.2) is 0 Å². The van der Waals surface area contributed by atoms with Gasteiger partial charge in [0.2, 0.25) is 10.0 Å². The molecule has 1 aromatic carbocycles. The summed E-state index contributed by atoms with van der Waals surface area (Å²) < 4.78 is 27.2. The molecular formula is C13H21BrN2O2S. The van der Waals surface area contributed by atoms with Crippen LogP contribution in [0.2, 0.25) is 0 Å². The van der Waals surface area contributed by atoms with Crippen molar-refractivity contribution in [3.8, 4) is 0 Å². The van der Waals surface area contributed by atoms with Crippen LogP contribution in [0.15, 0.2) is 28.7 Å². The lowest BCUT2D eigenvalue weighted by Crippen LogP contribution is -2.19. The number of hydrogen-bond acceptors (Lipinski definition) is 3. The Kier molecular flexibility index (Phi) is 7.41. The van der Waals surface area contributed by atoms with Crippen LogP contribution >= 0.6 is 15.9 Å². The Morgan fingerprint density at radius 3 is 2.42 bits per heavy atom. The fourth-order valence-electron chi connectivity index (χ4n) is 1.59. The number of rotatable bonds is 9. The zero-order valence-corrected chi connectivity index (χ0v) is 13.6. The average molecular weight is 349 g/mol. The van der Waals surface area contributed by atoms with E-state index in [0.29, 0.717) is 12.1 Å². The second kappa shape index (κ2) is 8.55. The lowest BCUT2D eigenvalue weighted by Gasteiger charge is -2.08. The Labute approximate surface area is 124 Å². The van der Waals surface area contributed by atoms with E-state index in [2.05, 4.69) is 32.9 Å². The van der Waals surface area contributed by atoms with Crippen molar-refractivity contribution in [1.82, 2.24) is 5.32 Å². The Morgan fingerprint density at radius 1 is 1.11 bits per heavy atom. The Hall–Kier alpha value is -0.590. The van der Waals surface area contributed by atoms with Crippen molar-refractivity contribution in [3.63, 3.8) is 0 Å². The average Bonchev–Trinajstić information content (AvgIpc) is 2.36. The van der Waals surface area contributed by atoms with Crippen LogP contribution < -0.4 is 10.0 Å². The Balaban J connectivity index is 2.30. The third kappa shape index (κ3) is 7.54. The molecule has 0 saturated carbocycles. The number of benzene rings is 1. The summed E-state index contributed by atoms with van der Waals surface area (Å²) in [6, 6.07) is 7.11. The van der Waals surface area contributed by atoms with Crippen LogP contribution in [0.1, 0.15) is 26.2 Å². The van der Waals surface area contributed by atoms with Crippen LogP contribution in [-0.4, -0.2) is 27.3 Å². The van der Waals surface area contributed by atoms with Crippen molar-refractivity contribution < 1.29 is 8.42 Å². The topological polar surface area (TPSA) is 58.2 Å². The molecule has 0 aromatic heterocycles. The molecule has 0 saturated heterocycles. The van der Waals surface area contributed by atoms with E-state index >= 15 is 0 Å². The van der Waals surface area contributed by atoms with Crippen molar-refractivity contribution in [2.24, 2.45) is 0 Å². The quantitative estimate of drug-likeness (QED) is 0.674. The van der Waals surface area contributed by atoms with Gasteiger partial charge < -0.3 is 5.32 Å².